The highest BCUT2D eigenvalue weighted by molar-refractivity contribution is 7.07. The van der Waals surface area contributed by atoms with Crippen molar-refractivity contribution in [1.29, 1.82) is 0 Å². The third-order valence-corrected chi connectivity index (χ3v) is 3.26. The van der Waals surface area contributed by atoms with Gasteiger partial charge in [-0.25, -0.2) is 4.98 Å². The number of amides is 1. The van der Waals surface area contributed by atoms with Gasteiger partial charge in [-0.05, 0) is 25.1 Å². The van der Waals surface area contributed by atoms with Crippen LogP contribution in [0.15, 0.2) is 29.1 Å². The highest BCUT2D eigenvalue weighted by Crippen LogP contribution is 2.28. The van der Waals surface area contributed by atoms with Gasteiger partial charge in [0.2, 0.25) is 0 Å². The summed E-state index contributed by atoms with van der Waals surface area (Å²) in [6, 6.07) is 5.11. The first-order valence-corrected chi connectivity index (χ1v) is 7.15. The Morgan fingerprint density at radius 2 is 2.25 bits per heavy atom. The van der Waals surface area contributed by atoms with Gasteiger partial charge in [0.15, 0.2) is 11.5 Å². The smallest absolute Gasteiger partial charge is 0.251 e. The highest BCUT2D eigenvalue weighted by Gasteiger charge is 2.11. The molecule has 0 fully saturated rings. The van der Waals surface area contributed by atoms with Gasteiger partial charge in [-0.1, -0.05) is 0 Å². The van der Waals surface area contributed by atoms with Crippen molar-refractivity contribution in [2.45, 2.75) is 13.5 Å². The molecule has 0 bridgehead atoms. The fraction of sp³-hybridized carbons (Fsp3) is 0.286. The van der Waals surface area contributed by atoms with Crippen LogP contribution < -0.4 is 14.8 Å². The Morgan fingerprint density at radius 3 is 2.90 bits per heavy atom. The van der Waals surface area contributed by atoms with Crippen molar-refractivity contribution in [3.63, 3.8) is 0 Å². The molecule has 1 aromatic carbocycles. The molecule has 2 rings (SSSR count). The van der Waals surface area contributed by atoms with E-state index in [1.54, 1.807) is 30.8 Å². The highest BCUT2D eigenvalue weighted by atomic mass is 32.1. The number of ether oxygens (including phenoxy) is 2. The lowest BCUT2D eigenvalue weighted by Crippen LogP contribution is -2.22. The second kappa shape index (κ2) is 6.91. The standard InChI is InChI=1S/C14H16N2O3S/c1-3-15-14(17)10-4-5-12(13(6-10)18-2)19-7-11-8-20-9-16-11/h4-6,8-9H,3,7H2,1-2H3,(H,15,17). The van der Waals surface area contributed by atoms with Gasteiger partial charge in [0.1, 0.15) is 6.61 Å². The molecule has 1 heterocycles. The normalized spacial score (nSPS) is 10.1. The number of hydrogen-bond acceptors (Lipinski definition) is 5. The molecule has 2 aromatic rings. The van der Waals surface area contributed by atoms with Crippen LogP contribution in [0.2, 0.25) is 0 Å². The average Bonchev–Trinajstić information content (AvgIpc) is 2.98. The lowest BCUT2D eigenvalue weighted by atomic mass is 10.2. The fourth-order valence-electron chi connectivity index (χ4n) is 1.65. The Hall–Kier alpha value is -2.08. The third-order valence-electron chi connectivity index (χ3n) is 2.62. The van der Waals surface area contributed by atoms with Gasteiger partial charge in [0.05, 0.1) is 18.3 Å². The van der Waals surface area contributed by atoms with Crippen molar-refractivity contribution >= 4 is 17.2 Å². The van der Waals surface area contributed by atoms with E-state index < -0.39 is 0 Å². The van der Waals surface area contributed by atoms with E-state index in [4.69, 9.17) is 9.47 Å². The van der Waals surface area contributed by atoms with Gasteiger partial charge in [-0.15, -0.1) is 11.3 Å². The number of methoxy groups -OCH3 is 1. The summed E-state index contributed by atoms with van der Waals surface area (Å²) in [7, 11) is 1.55. The summed E-state index contributed by atoms with van der Waals surface area (Å²) in [6.07, 6.45) is 0. The second-order valence-corrected chi connectivity index (χ2v) is 4.71. The molecule has 0 aliphatic heterocycles. The lowest BCUT2D eigenvalue weighted by molar-refractivity contribution is 0.0955. The molecule has 0 aliphatic carbocycles. The van der Waals surface area contributed by atoms with Crippen LogP contribution in [-0.4, -0.2) is 24.5 Å². The summed E-state index contributed by atoms with van der Waals surface area (Å²) in [6.45, 7) is 2.84. The van der Waals surface area contributed by atoms with E-state index in [1.807, 2.05) is 12.3 Å². The zero-order valence-corrected chi connectivity index (χ0v) is 12.2. The largest absolute Gasteiger partial charge is 0.493 e. The molecule has 20 heavy (non-hydrogen) atoms. The summed E-state index contributed by atoms with van der Waals surface area (Å²) in [5, 5.41) is 4.67. The van der Waals surface area contributed by atoms with Crippen molar-refractivity contribution in [1.82, 2.24) is 10.3 Å². The summed E-state index contributed by atoms with van der Waals surface area (Å²) >= 11 is 1.52. The van der Waals surface area contributed by atoms with Crippen LogP contribution in [0.25, 0.3) is 0 Å². The third kappa shape index (κ3) is 3.48. The molecule has 5 nitrogen and oxygen atoms in total. The van der Waals surface area contributed by atoms with Gasteiger partial charge in [0.25, 0.3) is 5.91 Å². The van der Waals surface area contributed by atoms with Gasteiger partial charge in [-0.3, -0.25) is 4.79 Å². The maximum Gasteiger partial charge on any atom is 0.251 e. The van der Waals surface area contributed by atoms with Crippen LogP contribution in [-0.2, 0) is 6.61 Å². The Kier molecular flexibility index (Phi) is 4.95. The molecule has 6 heteroatoms. The number of carbonyl (C=O) groups excluding carboxylic acids is 1. The average molecular weight is 292 g/mol. The SMILES string of the molecule is CCNC(=O)c1ccc(OCc2cscn2)c(OC)c1. The van der Waals surface area contributed by atoms with Gasteiger partial charge >= 0.3 is 0 Å². The molecular formula is C14H16N2O3S. The van der Waals surface area contributed by atoms with Crippen molar-refractivity contribution in [2.75, 3.05) is 13.7 Å². The summed E-state index contributed by atoms with van der Waals surface area (Å²) in [5.74, 6) is 0.995. The second-order valence-electron chi connectivity index (χ2n) is 3.99. The number of nitrogens with one attached hydrogen (secondary N) is 1. The van der Waals surface area contributed by atoms with Crippen LogP contribution in [0, 0.1) is 0 Å². The van der Waals surface area contributed by atoms with E-state index in [0.29, 0.717) is 30.2 Å². The van der Waals surface area contributed by atoms with E-state index in [-0.39, 0.29) is 5.91 Å². The molecule has 1 N–H and O–H groups in total. The molecule has 1 aromatic heterocycles. The number of carbonyl (C=O) groups is 1. The number of aromatic nitrogens is 1. The molecule has 0 spiro atoms. The Labute approximate surface area is 121 Å². The van der Waals surface area contributed by atoms with Crippen LogP contribution in [0.3, 0.4) is 0 Å². The Bertz CT molecular complexity index is 570. The van der Waals surface area contributed by atoms with Crippen molar-refractivity contribution in [2.24, 2.45) is 0 Å². The predicted octanol–water partition coefficient (Wildman–Crippen LogP) is 2.48. The van der Waals surface area contributed by atoms with Crippen LogP contribution in [0.1, 0.15) is 23.0 Å². The van der Waals surface area contributed by atoms with Crippen molar-refractivity contribution in [3.05, 3.63) is 40.3 Å². The minimum Gasteiger partial charge on any atom is -0.493 e. The number of thiazole rings is 1. The fourth-order valence-corrected chi connectivity index (χ4v) is 2.19. The van der Waals surface area contributed by atoms with Crippen molar-refractivity contribution in [3.8, 4) is 11.5 Å². The first-order valence-electron chi connectivity index (χ1n) is 6.20. The monoisotopic (exact) mass is 292 g/mol. The zero-order chi connectivity index (χ0) is 14.4. The Balaban J connectivity index is 2.11. The molecule has 0 aliphatic rings. The first kappa shape index (κ1) is 14.3. The summed E-state index contributed by atoms with van der Waals surface area (Å²) < 4.78 is 10.9. The number of nitrogens with zero attached hydrogens (tertiary/aromatic N) is 1. The molecule has 0 radical (unpaired) electrons. The lowest BCUT2D eigenvalue weighted by Gasteiger charge is -2.11. The summed E-state index contributed by atoms with van der Waals surface area (Å²) in [4.78, 5) is 15.9. The number of hydrogen-bond donors (Lipinski definition) is 1. The quantitative estimate of drug-likeness (QED) is 0.888. The minimum atomic E-state index is -0.128. The molecule has 0 atom stereocenters. The first-order chi connectivity index (χ1) is 9.74. The van der Waals surface area contributed by atoms with E-state index in [1.165, 1.54) is 11.3 Å². The van der Waals surface area contributed by atoms with Crippen LogP contribution in [0.5, 0.6) is 11.5 Å². The summed E-state index contributed by atoms with van der Waals surface area (Å²) in [5.41, 5.74) is 3.17. The van der Waals surface area contributed by atoms with Crippen LogP contribution >= 0.6 is 11.3 Å². The topological polar surface area (TPSA) is 60.5 Å². The molecule has 0 unspecified atom stereocenters. The van der Waals surface area contributed by atoms with E-state index in [9.17, 15) is 4.79 Å². The van der Waals surface area contributed by atoms with Gasteiger partial charge < -0.3 is 14.8 Å². The van der Waals surface area contributed by atoms with E-state index in [2.05, 4.69) is 10.3 Å². The number of benzene rings is 1. The molecule has 0 saturated carbocycles. The number of rotatable bonds is 6. The molecular weight excluding hydrogens is 276 g/mol. The van der Waals surface area contributed by atoms with Gasteiger partial charge in [0, 0.05) is 17.5 Å². The predicted molar refractivity (Wildman–Crippen MR) is 77.4 cm³/mol. The maximum atomic E-state index is 11.8. The van der Waals surface area contributed by atoms with Crippen LogP contribution in [0.4, 0.5) is 0 Å². The molecule has 1 amide bonds. The molecule has 106 valence electrons. The molecule has 0 saturated heterocycles. The van der Waals surface area contributed by atoms with Crippen molar-refractivity contribution < 1.29 is 14.3 Å². The zero-order valence-electron chi connectivity index (χ0n) is 11.4. The Morgan fingerprint density at radius 1 is 1.40 bits per heavy atom. The minimum absolute atomic E-state index is 0.128. The maximum absolute atomic E-state index is 11.8. The van der Waals surface area contributed by atoms with E-state index in [0.717, 1.165) is 5.69 Å². The van der Waals surface area contributed by atoms with Gasteiger partial charge in [-0.2, -0.15) is 0 Å². The van der Waals surface area contributed by atoms with E-state index >= 15 is 0 Å².